The number of aromatic nitrogens is 2. The largest absolute Gasteiger partial charge is 0.449 e. The summed E-state index contributed by atoms with van der Waals surface area (Å²) in [6, 6.07) is 23.7. The third-order valence-electron chi connectivity index (χ3n) is 5.48. The van der Waals surface area contributed by atoms with E-state index in [1.165, 1.54) is 0 Å². The molecule has 0 saturated heterocycles. The molecule has 0 radical (unpaired) electrons. The fourth-order valence-corrected chi connectivity index (χ4v) is 3.84. The summed E-state index contributed by atoms with van der Waals surface area (Å²) in [5, 5.41) is 4.17. The van der Waals surface area contributed by atoms with E-state index in [2.05, 4.69) is 15.3 Å². The smallest absolute Gasteiger partial charge is 0.339 e. The SMILES string of the molecule is CCC(OC(=O)c1cccc2cccc(-c3nc4ccccc4o3)c12)C(=O)Nc1ccccn1. The maximum absolute atomic E-state index is 13.3. The fourth-order valence-electron chi connectivity index (χ4n) is 3.84. The van der Waals surface area contributed by atoms with Gasteiger partial charge in [0.1, 0.15) is 11.3 Å². The number of ether oxygens (including phenoxy) is 1. The third-order valence-corrected chi connectivity index (χ3v) is 5.48. The first kappa shape index (κ1) is 21.3. The van der Waals surface area contributed by atoms with Crippen LogP contribution in [0.25, 0.3) is 33.3 Å². The van der Waals surface area contributed by atoms with Crippen LogP contribution in [0.4, 0.5) is 5.82 Å². The standard InChI is InChI=1S/C27H21N3O4/c1-2-21(25(31)30-23-15-5-6-16-28-23)34-27(32)19-12-8-10-17-9-7-11-18(24(17)19)26-29-20-13-3-4-14-22(20)33-26/h3-16,21H,2H2,1H3,(H,28,30,31). The molecule has 3 aromatic carbocycles. The highest BCUT2D eigenvalue weighted by molar-refractivity contribution is 6.10. The topological polar surface area (TPSA) is 94.3 Å². The van der Waals surface area contributed by atoms with Crippen molar-refractivity contribution in [3.8, 4) is 11.5 Å². The average molecular weight is 451 g/mol. The highest BCUT2D eigenvalue weighted by Crippen LogP contribution is 2.33. The monoisotopic (exact) mass is 451 g/mol. The van der Waals surface area contributed by atoms with Gasteiger partial charge in [-0.15, -0.1) is 0 Å². The van der Waals surface area contributed by atoms with E-state index >= 15 is 0 Å². The summed E-state index contributed by atoms with van der Waals surface area (Å²) in [5.41, 5.74) is 2.39. The summed E-state index contributed by atoms with van der Waals surface area (Å²) in [7, 11) is 0. The first-order chi connectivity index (χ1) is 16.6. The minimum absolute atomic E-state index is 0.313. The molecule has 0 aliphatic rings. The van der Waals surface area contributed by atoms with E-state index in [9.17, 15) is 9.59 Å². The quantitative estimate of drug-likeness (QED) is 0.337. The van der Waals surface area contributed by atoms with Gasteiger partial charge >= 0.3 is 5.97 Å². The van der Waals surface area contributed by atoms with Crippen LogP contribution >= 0.6 is 0 Å². The summed E-state index contributed by atoms with van der Waals surface area (Å²) >= 11 is 0. The Morgan fingerprint density at radius 2 is 1.76 bits per heavy atom. The Morgan fingerprint density at radius 1 is 0.971 bits per heavy atom. The summed E-state index contributed by atoms with van der Waals surface area (Å²) in [4.78, 5) is 34.7. The zero-order valence-corrected chi connectivity index (χ0v) is 18.4. The lowest BCUT2D eigenvalue weighted by molar-refractivity contribution is -0.124. The van der Waals surface area contributed by atoms with E-state index in [-0.39, 0.29) is 0 Å². The third kappa shape index (κ3) is 4.11. The molecule has 34 heavy (non-hydrogen) atoms. The number of nitrogens with one attached hydrogen (secondary N) is 1. The van der Waals surface area contributed by atoms with Gasteiger partial charge in [-0.3, -0.25) is 4.79 Å². The van der Waals surface area contributed by atoms with Crippen molar-refractivity contribution >= 4 is 39.6 Å². The van der Waals surface area contributed by atoms with Crippen molar-refractivity contribution in [2.24, 2.45) is 0 Å². The van der Waals surface area contributed by atoms with E-state index in [0.29, 0.717) is 40.2 Å². The molecule has 1 atom stereocenters. The van der Waals surface area contributed by atoms with Gasteiger partial charge in [0.15, 0.2) is 11.7 Å². The molecule has 1 N–H and O–H groups in total. The molecule has 0 fully saturated rings. The van der Waals surface area contributed by atoms with Crippen LogP contribution in [0.2, 0.25) is 0 Å². The second kappa shape index (κ2) is 9.15. The molecule has 2 aromatic heterocycles. The molecule has 168 valence electrons. The van der Waals surface area contributed by atoms with Crippen LogP contribution in [-0.4, -0.2) is 27.9 Å². The van der Waals surface area contributed by atoms with Crippen LogP contribution in [-0.2, 0) is 9.53 Å². The lowest BCUT2D eigenvalue weighted by Crippen LogP contribution is -2.32. The van der Waals surface area contributed by atoms with Crippen molar-refractivity contribution in [2.75, 3.05) is 5.32 Å². The predicted molar refractivity (Wildman–Crippen MR) is 129 cm³/mol. The van der Waals surface area contributed by atoms with Gasteiger partial charge in [-0.2, -0.15) is 0 Å². The highest BCUT2D eigenvalue weighted by Gasteiger charge is 2.25. The van der Waals surface area contributed by atoms with Crippen LogP contribution in [0.3, 0.4) is 0 Å². The molecule has 1 unspecified atom stereocenters. The number of carbonyl (C=O) groups is 2. The maximum Gasteiger partial charge on any atom is 0.339 e. The van der Waals surface area contributed by atoms with Gasteiger partial charge in [-0.25, -0.2) is 14.8 Å². The molecule has 1 amide bonds. The molecular weight excluding hydrogens is 430 g/mol. The Balaban J connectivity index is 1.49. The van der Waals surface area contributed by atoms with Crippen LogP contribution in [0, 0.1) is 0 Å². The number of anilines is 1. The van der Waals surface area contributed by atoms with Crippen molar-refractivity contribution in [1.29, 1.82) is 0 Å². The molecule has 0 spiro atoms. The van der Waals surface area contributed by atoms with Gasteiger partial charge < -0.3 is 14.5 Å². The van der Waals surface area contributed by atoms with Crippen LogP contribution < -0.4 is 5.32 Å². The van der Waals surface area contributed by atoms with E-state index in [1.54, 1.807) is 43.5 Å². The summed E-state index contributed by atoms with van der Waals surface area (Å²) in [5.74, 6) is -0.233. The zero-order valence-electron chi connectivity index (χ0n) is 18.4. The number of rotatable bonds is 6. The van der Waals surface area contributed by atoms with Crippen molar-refractivity contribution in [2.45, 2.75) is 19.4 Å². The molecule has 5 aromatic rings. The molecular formula is C27H21N3O4. The first-order valence-corrected chi connectivity index (χ1v) is 10.9. The molecule has 0 bridgehead atoms. The van der Waals surface area contributed by atoms with E-state index in [4.69, 9.17) is 9.15 Å². The summed E-state index contributed by atoms with van der Waals surface area (Å²) in [6.45, 7) is 1.78. The summed E-state index contributed by atoms with van der Waals surface area (Å²) in [6.07, 6.45) is 0.917. The Bertz CT molecular complexity index is 1460. The van der Waals surface area contributed by atoms with Crippen LogP contribution in [0.1, 0.15) is 23.7 Å². The lowest BCUT2D eigenvalue weighted by atomic mass is 9.99. The van der Waals surface area contributed by atoms with Gasteiger partial charge in [-0.05, 0) is 48.2 Å². The maximum atomic E-state index is 13.3. The number of oxazole rings is 1. The molecule has 2 heterocycles. The Kier molecular flexibility index (Phi) is 5.74. The minimum Gasteiger partial charge on any atom is -0.449 e. The Morgan fingerprint density at radius 3 is 2.53 bits per heavy atom. The lowest BCUT2D eigenvalue weighted by Gasteiger charge is -2.17. The van der Waals surface area contributed by atoms with Gasteiger partial charge in [0.25, 0.3) is 5.91 Å². The molecule has 0 aliphatic heterocycles. The number of hydrogen-bond donors (Lipinski definition) is 1. The second-order valence-corrected chi connectivity index (χ2v) is 7.70. The van der Waals surface area contributed by atoms with E-state index in [0.717, 1.165) is 10.9 Å². The van der Waals surface area contributed by atoms with Crippen molar-refractivity contribution in [3.63, 3.8) is 0 Å². The Labute approximate surface area is 195 Å². The number of amides is 1. The number of benzene rings is 3. The van der Waals surface area contributed by atoms with Gasteiger partial charge in [-0.1, -0.05) is 49.4 Å². The number of esters is 1. The number of para-hydroxylation sites is 2. The van der Waals surface area contributed by atoms with Crippen LogP contribution in [0.15, 0.2) is 89.5 Å². The zero-order chi connectivity index (χ0) is 23.5. The predicted octanol–water partition coefficient (Wildman–Crippen LogP) is 5.62. The molecule has 5 rings (SSSR count). The summed E-state index contributed by atoms with van der Waals surface area (Å²) < 4.78 is 11.6. The first-order valence-electron chi connectivity index (χ1n) is 10.9. The van der Waals surface area contributed by atoms with Gasteiger partial charge in [0.05, 0.1) is 5.56 Å². The Hall–Kier alpha value is -4.52. The number of carbonyl (C=O) groups excluding carboxylic acids is 2. The number of pyridine rings is 1. The normalized spacial score (nSPS) is 11.9. The van der Waals surface area contributed by atoms with Crippen molar-refractivity contribution in [3.05, 3.63) is 90.6 Å². The fraction of sp³-hybridized carbons (Fsp3) is 0.111. The van der Waals surface area contributed by atoms with Gasteiger partial charge in [0.2, 0.25) is 5.89 Å². The number of hydrogen-bond acceptors (Lipinski definition) is 6. The molecule has 7 nitrogen and oxygen atoms in total. The van der Waals surface area contributed by atoms with Gasteiger partial charge in [0, 0.05) is 17.1 Å². The highest BCUT2D eigenvalue weighted by atomic mass is 16.5. The molecule has 0 saturated carbocycles. The molecule has 7 heteroatoms. The second-order valence-electron chi connectivity index (χ2n) is 7.70. The van der Waals surface area contributed by atoms with Crippen molar-refractivity contribution in [1.82, 2.24) is 9.97 Å². The number of nitrogens with zero attached hydrogens (tertiary/aromatic N) is 2. The van der Waals surface area contributed by atoms with Crippen LogP contribution in [0.5, 0.6) is 0 Å². The van der Waals surface area contributed by atoms with E-state index in [1.807, 2.05) is 48.5 Å². The van der Waals surface area contributed by atoms with Crippen molar-refractivity contribution < 1.29 is 18.7 Å². The number of fused-ring (bicyclic) bond motifs is 2. The average Bonchev–Trinajstić information content (AvgIpc) is 3.31. The minimum atomic E-state index is -0.971. The molecule has 0 aliphatic carbocycles. The van der Waals surface area contributed by atoms with E-state index < -0.39 is 18.0 Å².